The normalized spacial score (nSPS) is 24.3. The largest absolute Gasteiger partial charge is 0.269 e. The molecule has 0 amide bonds. The summed E-state index contributed by atoms with van der Waals surface area (Å²) in [7, 11) is 0. The molecule has 17 heavy (non-hydrogen) atoms. The van der Waals surface area contributed by atoms with Crippen molar-refractivity contribution in [2.75, 3.05) is 0 Å². The van der Waals surface area contributed by atoms with Crippen molar-refractivity contribution < 1.29 is 4.84 Å². The maximum atomic E-state index is 5.65. The van der Waals surface area contributed by atoms with E-state index in [2.05, 4.69) is 43.3 Å². The van der Waals surface area contributed by atoms with E-state index in [0.717, 1.165) is 0 Å². The van der Waals surface area contributed by atoms with Crippen LogP contribution in [0.5, 0.6) is 0 Å². The van der Waals surface area contributed by atoms with Crippen molar-refractivity contribution in [3.8, 4) is 0 Å². The number of hydrogen-bond donors (Lipinski definition) is 0. The standard InChI is InChI=1S/C15H15NO/c1-12(13-8-4-2-5-9-13)16-15(17-16)14-10-6-3-7-11-14/h2-12,15H,1H3/t12-,15+,16?/m0/s1. The summed E-state index contributed by atoms with van der Waals surface area (Å²) < 4.78 is 0. The topological polar surface area (TPSA) is 15.5 Å². The lowest BCUT2D eigenvalue weighted by Gasteiger charge is -2.10. The molecule has 2 nitrogen and oxygen atoms in total. The molecule has 0 aliphatic carbocycles. The van der Waals surface area contributed by atoms with Gasteiger partial charge in [0.05, 0.1) is 6.04 Å². The summed E-state index contributed by atoms with van der Waals surface area (Å²) in [5.41, 5.74) is 2.50. The third kappa shape index (κ3) is 2.09. The Hall–Kier alpha value is -1.64. The van der Waals surface area contributed by atoms with Gasteiger partial charge in [0.1, 0.15) is 0 Å². The van der Waals surface area contributed by atoms with Crippen molar-refractivity contribution in [2.24, 2.45) is 0 Å². The monoisotopic (exact) mass is 225 g/mol. The van der Waals surface area contributed by atoms with Gasteiger partial charge in [-0.25, -0.2) is 0 Å². The van der Waals surface area contributed by atoms with Gasteiger partial charge in [-0.05, 0) is 18.1 Å². The van der Waals surface area contributed by atoms with E-state index in [1.54, 1.807) is 0 Å². The van der Waals surface area contributed by atoms with Crippen LogP contribution >= 0.6 is 0 Å². The van der Waals surface area contributed by atoms with E-state index in [4.69, 9.17) is 4.84 Å². The summed E-state index contributed by atoms with van der Waals surface area (Å²) in [4.78, 5) is 5.65. The van der Waals surface area contributed by atoms with E-state index in [1.165, 1.54) is 11.1 Å². The lowest BCUT2D eigenvalue weighted by Crippen LogP contribution is -2.05. The van der Waals surface area contributed by atoms with E-state index in [1.807, 2.05) is 29.3 Å². The van der Waals surface area contributed by atoms with Gasteiger partial charge in [0, 0.05) is 0 Å². The molecule has 1 aliphatic rings. The van der Waals surface area contributed by atoms with Crippen LogP contribution in [-0.4, -0.2) is 5.06 Å². The van der Waals surface area contributed by atoms with E-state index in [-0.39, 0.29) is 6.23 Å². The lowest BCUT2D eigenvalue weighted by molar-refractivity contribution is 0.155. The molecule has 86 valence electrons. The third-order valence-electron chi connectivity index (χ3n) is 3.16. The molecule has 2 heteroatoms. The lowest BCUT2D eigenvalue weighted by atomic mass is 10.1. The molecule has 1 unspecified atom stereocenters. The van der Waals surface area contributed by atoms with Crippen molar-refractivity contribution in [3.05, 3.63) is 71.8 Å². The van der Waals surface area contributed by atoms with E-state index < -0.39 is 0 Å². The van der Waals surface area contributed by atoms with Gasteiger partial charge in [0.2, 0.25) is 0 Å². The Bertz CT molecular complexity index is 483. The molecular formula is C15H15NO. The van der Waals surface area contributed by atoms with Gasteiger partial charge in [-0.2, -0.15) is 0 Å². The summed E-state index contributed by atoms with van der Waals surface area (Å²) in [6.45, 7) is 2.16. The third-order valence-corrected chi connectivity index (χ3v) is 3.16. The quantitative estimate of drug-likeness (QED) is 0.740. The van der Waals surface area contributed by atoms with Gasteiger partial charge in [0.15, 0.2) is 6.23 Å². The van der Waals surface area contributed by atoms with Gasteiger partial charge in [-0.15, -0.1) is 5.06 Å². The second kappa shape index (κ2) is 4.32. The molecule has 3 atom stereocenters. The highest BCUT2D eigenvalue weighted by atomic mass is 16.8. The van der Waals surface area contributed by atoms with Crippen molar-refractivity contribution in [2.45, 2.75) is 19.2 Å². The van der Waals surface area contributed by atoms with Crippen LogP contribution in [0.25, 0.3) is 0 Å². The van der Waals surface area contributed by atoms with Crippen molar-refractivity contribution in [3.63, 3.8) is 0 Å². The van der Waals surface area contributed by atoms with Crippen molar-refractivity contribution >= 4 is 0 Å². The first-order valence-electron chi connectivity index (χ1n) is 5.91. The van der Waals surface area contributed by atoms with Gasteiger partial charge in [-0.3, -0.25) is 4.84 Å². The molecule has 1 fully saturated rings. The van der Waals surface area contributed by atoms with Crippen LogP contribution in [0.1, 0.15) is 30.3 Å². The van der Waals surface area contributed by atoms with Crippen molar-refractivity contribution in [1.82, 2.24) is 5.06 Å². The maximum Gasteiger partial charge on any atom is 0.180 e. The van der Waals surface area contributed by atoms with E-state index in [0.29, 0.717) is 6.04 Å². The first kappa shape index (κ1) is 10.5. The summed E-state index contributed by atoms with van der Waals surface area (Å²) >= 11 is 0. The first-order chi connectivity index (χ1) is 8.36. The predicted molar refractivity (Wildman–Crippen MR) is 67.0 cm³/mol. The molecule has 0 bridgehead atoms. The van der Waals surface area contributed by atoms with Gasteiger partial charge < -0.3 is 0 Å². The SMILES string of the molecule is C[C@@H](c1ccccc1)N1O[C@@H]1c1ccccc1. The van der Waals surface area contributed by atoms with E-state index in [9.17, 15) is 0 Å². The number of hydroxylamine groups is 2. The molecule has 0 radical (unpaired) electrons. The molecule has 1 saturated heterocycles. The van der Waals surface area contributed by atoms with Crippen molar-refractivity contribution in [1.29, 1.82) is 0 Å². The molecule has 3 rings (SSSR count). The number of hydrogen-bond acceptors (Lipinski definition) is 2. The highest BCUT2D eigenvalue weighted by Gasteiger charge is 2.41. The minimum Gasteiger partial charge on any atom is -0.269 e. The Kier molecular flexibility index (Phi) is 2.67. The average molecular weight is 225 g/mol. The van der Waals surface area contributed by atoms with Crippen LogP contribution < -0.4 is 0 Å². The highest BCUT2D eigenvalue weighted by Crippen LogP contribution is 2.43. The number of nitrogens with zero attached hydrogens (tertiary/aromatic N) is 1. The van der Waals surface area contributed by atoms with Crippen LogP contribution in [0.2, 0.25) is 0 Å². The zero-order chi connectivity index (χ0) is 11.7. The Balaban J connectivity index is 1.73. The van der Waals surface area contributed by atoms with Crippen LogP contribution in [-0.2, 0) is 4.84 Å². The zero-order valence-corrected chi connectivity index (χ0v) is 9.78. The van der Waals surface area contributed by atoms with Gasteiger partial charge >= 0.3 is 0 Å². The van der Waals surface area contributed by atoms with Gasteiger partial charge in [-0.1, -0.05) is 60.7 Å². The fourth-order valence-electron chi connectivity index (χ4n) is 2.09. The molecule has 0 aromatic heterocycles. The Morgan fingerprint density at radius 2 is 1.53 bits per heavy atom. The summed E-state index contributed by atoms with van der Waals surface area (Å²) in [6.07, 6.45) is 0.117. The molecule has 1 aliphatic heterocycles. The Morgan fingerprint density at radius 1 is 0.941 bits per heavy atom. The average Bonchev–Trinajstić information content (AvgIpc) is 3.20. The molecule has 0 saturated carbocycles. The maximum absolute atomic E-state index is 5.65. The minimum atomic E-state index is 0.117. The number of benzene rings is 2. The molecule has 1 heterocycles. The number of rotatable bonds is 3. The van der Waals surface area contributed by atoms with Crippen LogP contribution in [0.4, 0.5) is 0 Å². The first-order valence-corrected chi connectivity index (χ1v) is 5.91. The smallest absolute Gasteiger partial charge is 0.180 e. The van der Waals surface area contributed by atoms with Crippen LogP contribution in [0.3, 0.4) is 0 Å². The fraction of sp³-hybridized carbons (Fsp3) is 0.200. The second-order valence-corrected chi connectivity index (χ2v) is 4.31. The fourth-order valence-corrected chi connectivity index (χ4v) is 2.09. The molecule has 2 aromatic carbocycles. The molecule has 0 N–H and O–H groups in total. The van der Waals surface area contributed by atoms with E-state index >= 15 is 0 Å². The second-order valence-electron chi connectivity index (χ2n) is 4.31. The highest BCUT2D eigenvalue weighted by molar-refractivity contribution is 5.22. The predicted octanol–water partition coefficient (Wildman–Crippen LogP) is 3.69. The summed E-state index contributed by atoms with van der Waals surface area (Å²) in [5.74, 6) is 0. The molecule has 0 spiro atoms. The van der Waals surface area contributed by atoms with Crippen LogP contribution in [0, 0.1) is 0 Å². The van der Waals surface area contributed by atoms with Gasteiger partial charge in [0.25, 0.3) is 0 Å². The molecular weight excluding hydrogens is 210 g/mol. The Morgan fingerprint density at radius 3 is 2.18 bits per heavy atom. The Labute approximate surface area is 101 Å². The minimum absolute atomic E-state index is 0.117. The summed E-state index contributed by atoms with van der Waals surface area (Å²) in [6, 6.07) is 21.0. The molecule has 2 aromatic rings. The summed E-state index contributed by atoms with van der Waals surface area (Å²) in [5, 5.41) is 2.03. The zero-order valence-electron chi connectivity index (χ0n) is 9.78. The van der Waals surface area contributed by atoms with Crippen LogP contribution in [0.15, 0.2) is 60.7 Å².